The molecule has 0 spiro atoms. The predicted octanol–water partition coefficient (Wildman–Crippen LogP) is 2.76. The molecule has 2 N–H and O–H groups in total. The van der Waals surface area contributed by atoms with Crippen LogP contribution in [0.15, 0.2) is 24.3 Å². The highest BCUT2D eigenvalue weighted by atomic mass is 32.1. The van der Waals surface area contributed by atoms with Gasteiger partial charge >= 0.3 is 6.09 Å². The molecule has 1 amide bonds. The second-order valence-electron chi connectivity index (χ2n) is 5.17. The number of amides is 1. The quantitative estimate of drug-likeness (QED) is 0.814. The number of ether oxygens (including phenoxy) is 1. The lowest BCUT2D eigenvalue weighted by Crippen LogP contribution is -2.32. The molecule has 0 saturated heterocycles. The van der Waals surface area contributed by atoms with Gasteiger partial charge < -0.3 is 15.4 Å². The van der Waals surface area contributed by atoms with Crippen LogP contribution in [0.1, 0.15) is 31.9 Å². The van der Waals surface area contributed by atoms with Crippen LogP contribution in [0.5, 0.6) is 0 Å². The van der Waals surface area contributed by atoms with Crippen molar-refractivity contribution in [1.82, 2.24) is 10.6 Å². The fourth-order valence-corrected chi connectivity index (χ4v) is 1.58. The Bertz CT molecular complexity index is 441. The van der Waals surface area contributed by atoms with Crippen molar-refractivity contribution in [3.63, 3.8) is 0 Å². The van der Waals surface area contributed by atoms with Crippen LogP contribution in [0.4, 0.5) is 4.79 Å². The topological polar surface area (TPSA) is 50.4 Å². The molecule has 0 aromatic heterocycles. The van der Waals surface area contributed by atoms with Crippen molar-refractivity contribution in [2.75, 3.05) is 0 Å². The van der Waals surface area contributed by atoms with E-state index in [1.165, 1.54) is 5.49 Å². The molecule has 104 valence electrons. The van der Waals surface area contributed by atoms with Crippen LogP contribution in [-0.2, 0) is 17.8 Å². The number of alkyl carbamates (subject to hydrolysis) is 1. The van der Waals surface area contributed by atoms with Gasteiger partial charge in [-0.05, 0) is 31.9 Å². The highest BCUT2D eigenvalue weighted by molar-refractivity contribution is 7.78. The maximum Gasteiger partial charge on any atom is 0.407 e. The van der Waals surface area contributed by atoms with Gasteiger partial charge in [-0.3, -0.25) is 0 Å². The molecule has 0 atom stereocenters. The van der Waals surface area contributed by atoms with E-state index in [2.05, 4.69) is 10.6 Å². The molecular formula is C14H20N2O2S. The minimum atomic E-state index is -0.477. The Morgan fingerprint density at radius 2 is 1.95 bits per heavy atom. The number of hydrogen-bond acceptors (Lipinski definition) is 3. The number of carbonyl (C=O) groups is 1. The van der Waals surface area contributed by atoms with Crippen molar-refractivity contribution in [2.24, 2.45) is 0 Å². The van der Waals surface area contributed by atoms with E-state index < -0.39 is 11.7 Å². The number of hydrogen-bond donors (Lipinski definition) is 2. The molecule has 0 heterocycles. The summed E-state index contributed by atoms with van der Waals surface area (Å²) in [4.78, 5) is 11.5. The molecule has 1 rings (SSSR count). The summed E-state index contributed by atoms with van der Waals surface area (Å²) in [6.45, 7) is 6.64. The van der Waals surface area contributed by atoms with E-state index in [0.717, 1.165) is 11.1 Å². The Kier molecular flexibility index (Phi) is 5.76. The predicted molar refractivity (Wildman–Crippen MR) is 80.0 cm³/mol. The van der Waals surface area contributed by atoms with E-state index >= 15 is 0 Å². The third kappa shape index (κ3) is 6.76. The summed E-state index contributed by atoms with van der Waals surface area (Å²) >= 11 is 4.71. The van der Waals surface area contributed by atoms with E-state index in [-0.39, 0.29) is 0 Å². The number of benzene rings is 1. The smallest absolute Gasteiger partial charge is 0.407 e. The van der Waals surface area contributed by atoms with Gasteiger partial charge in [0.25, 0.3) is 0 Å². The van der Waals surface area contributed by atoms with Gasteiger partial charge in [-0.15, -0.1) is 0 Å². The second kappa shape index (κ2) is 7.09. The molecule has 1 aromatic rings. The van der Waals surface area contributed by atoms with Gasteiger partial charge in [0.1, 0.15) is 5.60 Å². The fraction of sp³-hybridized carbons (Fsp3) is 0.429. The number of carbonyl (C=O) groups excluding carboxylic acids is 1. The zero-order valence-electron chi connectivity index (χ0n) is 11.5. The van der Waals surface area contributed by atoms with Gasteiger partial charge in [-0.2, -0.15) is 0 Å². The van der Waals surface area contributed by atoms with Crippen molar-refractivity contribution in [3.05, 3.63) is 35.4 Å². The number of rotatable bonds is 5. The van der Waals surface area contributed by atoms with Crippen LogP contribution >= 0.6 is 12.2 Å². The summed E-state index contributed by atoms with van der Waals surface area (Å²) in [6, 6.07) is 7.93. The van der Waals surface area contributed by atoms with Crippen molar-refractivity contribution in [2.45, 2.75) is 39.5 Å². The van der Waals surface area contributed by atoms with Crippen LogP contribution in [0.25, 0.3) is 0 Å². The van der Waals surface area contributed by atoms with E-state index in [9.17, 15) is 4.79 Å². The standard InChI is InChI=1S/C14H20N2O2S/c1-14(2,3)18-13(17)16-9-12-6-4-5-11(7-12)8-15-10-19/h4-7,10H,8-9H2,1-3H3,(H,15,19)(H,16,17). The molecule has 0 aliphatic rings. The average Bonchev–Trinajstić information content (AvgIpc) is 2.32. The third-order valence-electron chi connectivity index (χ3n) is 2.22. The lowest BCUT2D eigenvalue weighted by molar-refractivity contribution is 0.0523. The van der Waals surface area contributed by atoms with E-state index in [4.69, 9.17) is 17.0 Å². The first-order valence-corrected chi connectivity index (χ1v) is 6.59. The van der Waals surface area contributed by atoms with E-state index in [0.29, 0.717) is 13.1 Å². The van der Waals surface area contributed by atoms with Gasteiger partial charge in [-0.25, -0.2) is 4.79 Å². The van der Waals surface area contributed by atoms with Gasteiger partial charge in [0.2, 0.25) is 0 Å². The molecule has 19 heavy (non-hydrogen) atoms. The molecule has 1 aromatic carbocycles. The van der Waals surface area contributed by atoms with Gasteiger partial charge in [-0.1, -0.05) is 36.5 Å². The monoisotopic (exact) mass is 280 g/mol. The summed E-state index contributed by atoms with van der Waals surface area (Å²) in [6.07, 6.45) is -0.407. The zero-order valence-corrected chi connectivity index (χ0v) is 12.3. The van der Waals surface area contributed by atoms with Crippen molar-refractivity contribution >= 4 is 23.8 Å². The molecule has 0 aliphatic carbocycles. The largest absolute Gasteiger partial charge is 0.444 e. The molecule has 0 saturated carbocycles. The second-order valence-corrected chi connectivity index (χ2v) is 5.41. The van der Waals surface area contributed by atoms with Gasteiger partial charge in [0, 0.05) is 13.1 Å². The zero-order chi connectivity index (χ0) is 14.3. The lowest BCUT2D eigenvalue weighted by atomic mass is 10.1. The first kappa shape index (κ1) is 15.4. The molecule has 0 bridgehead atoms. The Morgan fingerprint density at radius 1 is 1.32 bits per heavy atom. The normalized spacial score (nSPS) is 10.7. The maximum atomic E-state index is 11.5. The highest BCUT2D eigenvalue weighted by Gasteiger charge is 2.15. The first-order valence-electron chi connectivity index (χ1n) is 6.12. The molecule has 4 nitrogen and oxygen atoms in total. The molecular weight excluding hydrogens is 260 g/mol. The summed E-state index contributed by atoms with van der Waals surface area (Å²) in [7, 11) is 0. The Balaban J connectivity index is 2.48. The average molecular weight is 280 g/mol. The van der Waals surface area contributed by atoms with Crippen molar-refractivity contribution in [1.29, 1.82) is 0 Å². The van der Waals surface area contributed by atoms with Gasteiger partial charge in [0.05, 0.1) is 5.49 Å². The van der Waals surface area contributed by atoms with Crippen LogP contribution in [0.3, 0.4) is 0 Å². The number of nitrogens with one attached hydrogen (secondary N) is 2. The molecule has 5 heteroatoms. The minimum absolute atomic E-state index is 0.407. The van der Waals surface area contributed by atoms with Crippen LogP contribution in [0, 0.1) is 0 Å². The molecule has 0 aliphatic heterocycles. The SMILES string of the molecule is CC(C)(C)OC(=O)NCc1cccc(CNC=S)c1. The van der Waals surface area contributed by atoms with E-state index in [1.54, 1.807) is 0 Å². The summed E-state index contributed by atoms with van der Waals surface area (Å²) in [5, 5.41) is 5.69. The lowest BCUT2D eigenvalue weighted by Gasteiger charge is -2.19. The molecule has 0 fully saturated rings. The summed E-state index contributed by atoms with van der Waals surface area (Å²) < 4.78 is 5.17. The Morgan fingerprint density at radius 3 is 2.53 bits per heavy atom. The Hall–Kier alpha value is -1.62. The fourth-order valence-electron chi connectivity index (χ4n) is 1.50. The van der Waals surface area contributed by atoms with E-state index in [1.807, 2.05) is 45.0 Å². The molecule has 0 radical (unpaired) electrons. The highest BCUT2D eigenvalue weighted by Crippen LogP contribution is 2.08. The van der Waals surface area contributed by atoms with Crippen LogP contribution in [0.2, 0.25) is 0 Å². The summed E-state index contributed by atoms with van der Waals surface area (Å²) in [5.41, 5.74) is 3.15. The molecule has 0 unspecified atom stereocenters. The number of thiocarbonyl (C=S) groups is 1. The van der Waals surface area contributed by atoms with Crippen LogP contribution in [-0.4, -0.2) is 17.2 Å². The van der Waals surface area contributed by atoms with Crippen molar-refractivity contribution < 1.29 is 9.53 Å². The Labute approximate surface area is 119 Å². The minimum Gasteiger partial charge on any atom is -0.444 e. The third-order valence-corrected chi connectivity index (χ3v) is 2.38. The summed E-state index contributed by atoms with van der Waals surface area (Å²) in [5.74, 6) is 0. The first-order chi connectivity index (χ1) is 8.90. The van der Waals surface area contributed by atoms with Gasteiger partial charge in [0.15, 0.2) is 0 Å². The van der Waals surface area contributed by atoms with Crippen LogP contribution < -0.4 is 10.6 Å². The maximum absolute atomic E-state index is 11.5. The van der Waals surface area contributed by atoms with Crippen molar-refractivity contribution in [3.8, 4) is 0 Å².